The van der Waals surface area contributed by atoms with Crippen LogP contribution in [-0.2, 0) is 0 Å². The molecule has 0 saturated carbocycles. The van der Waals surface area contributed by atoms with Crippen LogP contribution in [0.2, 0.25) is 0 Å². The first-order chi connectivity index (χ1) is 27.3. The molecule has 258 valence electrons. The SMILES string of the molecule is c1ccc(C2=Nc3ccccc3NC2c2ccc(-n3c4cc5c(cc4c4ccc6c7ccccc7oc6c43)c3ccccc3n5-c3ccccc3)cc2)cc1. The molecular weight excluding hydrogens is 673 g/mol. The number of hydrogen-bond acceptors (Lipinski definition) is 3. The third-order valence-electron chi connectivity index (χ3n) is 11.4. The van der Waals surface area contributed by atoms with Crippen LogP contribution in [0.3, 0.4) is 0 Å². The van der Waals surface area contributed by atoms with Gasteiger partial charge in [-0.15, -0.1) is 0 Å². The minimum absolute atomic E-state index is 0.118. The van der Waals surface area contributed by atoms with Crippen LogP contribution in [0.15, 0.2) is 191 Å². The molecule has 5 heteroatoms. The lowest BCUT2D eigenvalue weighted by molar-refractivity contribution is 0.671. The van der Waals surface area contributed by atoms with Crippen molar-refractivity contribution in [1.82, 2.24) is 9.13 Å². The average molecular weight is 705 g/mol. The van der Waals surface area contributed by atoms with Crippen molar-refractivity contribution >= 4 is 82.6 Å². The smallest absolute Gasteiger partial charge is 0.160 e. The summed E-state index contributed by atoms with van der Waals surface area (Å²) in [6.07, 6.45) is 0. The van der Waals surface area contributed by atoms with Gasteiger partial charge in [-0.25, -0.2) is 4.99 Å². The zero-order valence-corrected chi connectivity index (χ0v) is 29.6. The second kappa shape index (κ2) is 11.6. The van der Waals surface area contributed by atoms with E-state index in [1.165, 1.54) is 21.7 Å². The summed E-state index contributed by atoms with van der Waals surface area (Å²) in [5.74, 6) is 0. The molecule has 12 rings (SSSR count). The van der Waals surface area contributed by atoms with Gasteiger partial charge >= 0.3 is 0 Å². The lowest BCUT2D eigenvalue weighted by Gasteiger charge is -2.28. The van der Waals surface area contributed by atoms with Crippen LogP contribution in [0, 0.1) is 0 Å². The minimum Gasteiger partial charge on any atom is -0.454 e. The van der Waals surface area contributed by atoms with E-state index < -0.39 is 0 Å². The van der Waals surface area contributed by atoms with Gasteiger partial charge in [-0.05, 0) is 77.9 Å². The number of nitrogens with zero attached hydrogens (tertiary/aromatic N) is 3. The predicted octanol–water partition coefficient (Wildman–Crippen LogP) is 13.1. The van der Waals surface area contributed by atoms with Gasteiger partial charge in [0.05, 0.1) is 45.2 Å². The van der Waals surface area contributed by atoms with Crippen molar-refractivity contribution in [3.05, 3.63) is 193 Å². The van der Waals surface area contributed by atoms with Gasteiger partial charge in [-0.3, -0.25) is 0 Å². The van der Waals surface area contributed by atoms with Crippen molar-refractivity contribution in [2.75, 3.05) is 5.32 Å². The van der Waals surface area contributed by atoms with Crippen molar-refractivity contribution < 1.29 is 4.42 Å². The summed E-state index contributed by atoms with van der Waals surface area (Å²) >= 11 is 0. The highest BCUT2D eigenvalue weighted by molar-refractivity contribution is 6.24. The Morgan fingerprint density at radius 2 is 1.13 bits per heavy atom. The highest BCUT2D eigenvalue weighted by Crippen LogP contribution is 2.44. The molecule has 1 N–H and O–H groups in total. The van der Waals surface area contributed by atoms with Crippen LogP contribution >= 0.6 is 0 Å². The fraction of sp³-hybridized carbons (Fsp3) is 0.0200. The molecule has 0 radical (unpaired) electrons. The maximum absolute atomic E-state index is 6.76. The van der Waals surface area contributed by atoms with Crippen LogP contribution in [0.1, 0.15) is 17.2 Å². The molecule has 3 aromatic heterocycles. The van der Waals surface area contributed by atoms with Crippen molar-refractivity contribution in [3.63, 3.8) is 0 Å². The standard InChI is InChI=1S/C50H32N4O/c1-3-13-31(14-4-1)47-48(52-42-20-10-9-19-41(42)51-47)32-23-25-34(26-24-32)54-45-30-44-39(35-17-7-11-21-43(35)53(44)33-15-5-2-6-16-33)29-40(45)37-27-28-38-36-18-8-12-22-46(36)55-50(38)49(37)54/h1-30,48,52H. The molecule has 1 aliphatic heterocycles. The van der Waals surface area contributed by atoms with Gasteiger partial charge in [-0.1, -0.05) is 115 Å². The van der Waals surface area contributed by atoms with E-state index >= 15 is 0 Å². The summed E-state index contributed by atoms with van der Waals surface area (Å²) in [6, 6.07) is 64.6. The summed E-state index contributed by atoms with van der Waals surface area (Å²) in [5, 5.41) is 10.9. The Balaban J connectivity index is 1.12. The van der Waals surface area contributed by atoms with Gasteiger partial charge in [0.15, 0.2) is 5.58 Å². The lowest BCUT2D eigenvalue weighted by Crippen LogP contribution is -2.24. The zero-order chi connectivity index (χ0) is 36.0. The van der Waals surface area contributed by atoms with Gasteiger partial charge < -0.3 is 18.9 Å². The Morgan fingerprint density at radius 1 is 0.473 bits per heavy atom. The second-order valence-electron chi connectivity index (χ2n) is 14.4. The van der Waals surface area contributed by atoms with Crippen molar-refractivity contribution in [2.45, 2.75) is 6.04 Å². The molecule has 1 aliphatic rings. The maximum Gasteiger partial charge on any atom is 0.160 e. The van der Waals surface area contributed by atoms with Gasteiger partial charge in [0.1, 0.15) is 5.58 Å². The first-order valence-corrected chi connectivity index (χ1v) is 18.8. The normalized spacial score (nSPS) is 14.3. The molecule has 0 aliphatic carbocycles. The first kappa shape index (κ1) is 30.1. The maximum atomic E-state index is 6.76. The average Bonchev–Trinajstić information content (AvgIpc) is 3.90. The quantitative estimate of drug-likeness (QED) is 0.198. The number of aliphatic imine (C=N–C) groups is 1. The summed E-state index contributed by atoms with van der Waals surface area (Å²) in [5.41, 5.74) is 13.8. The largest absolute Gasteiger partial charge is 0.454 e. The van der Waals surface area contributed by atoms with Gasteiger partial charge in [0, 0.05) is 43.7 Å². The minimum atomic E-state index is -0.118. The molecule has 8 aromatic carbocycles. The Bertz CT molecular complexity index is 3330. The molecule has 11 aromatic rings. The van der Waals surface area contributed by atoms with Crippen molar-refractivity contribution in [3.8, 4) is 11.4 Å². The molecule has 0 amide bonds. The van der Waals surface area contributed by atoms with E-state index in [-0.39, 0.29) is 6.04 Å². The van der Waals surface area contributed by atoms with E-state index in [0.717, 1.165) is 83.5 Å². The number of aromatic nitrogens is 2. The predicted molar refractivity (Wildman–Crippen MR) is 228 cm³/mol. The number of fused-ring (bicyclic) bond motifs is 11. The molecular formula is C50H32N4O. The van der Waals surface area contributed by atoms with Gasteiger partial charge in [0.2, 0.25) is 0 Å². The van der Waals surface area contributed by atoms with Crippen molar-refractivity contribution in [1.29, 1.82) is 0 Å². The Kier molecular flexibility index (Phi) is 6.33. The number of para-hydroxylation sites is 5. The fourth-order valence-electron chi connectivity index (χ4n) is 8.87. The first-order valence-electron chi connectivity index (χ1n) is 18.8. The van der Waals surface area contributed by atoms with E-state index in [9.17, 15) is 0 Å². The van der Waals surface area contributed by atoms with Crippen molar-refractivity contribution in [2.24, 2.45) is 4.99 Å². The van der Waals surface area contributed by atoms with Gasteiger partial charge in [-0.2, -0.15) is 0 Å². The van der Waals surface area contributed by atoms with Crippen LogP contribution in [0.25, 0.3) is 76.9 Å². The Labute approximate surface area is 316 Å². The number of hydrogen-bond donors (Lipinski definition) is 1. The fourth-order valence-corrected chi connectivity index (χ4v) is 8.87. The van der Waals surface area contributed by atoms with Crippen LogP contribution < -0.4 is 5.32 Å². The van der Waals surface area contributed by atoms with Crippen LogP contribution in [0.5, 0.6) is 0 Å². The Morgan fingerprint density at radius 3 is 1.98 bits per heavy atom. The summed E-state index contributed by atoms with van der Waals surface area (Å²) in [6.45, 7) is 0. The number of furan rings is 1. The van der Waals surface area contributed by atoms with E-state index in [1.54, 1.807) is 0 Å². The summed E-state index contributed by atoms with van der Waals surface area (Å²) < 4.78 is 11.6. The third-order valence-corrected chi connectivity index (χ3v) is 11.4. The van der Waals surface area contributed by atoms with E-state index in [2.05, 4.69) is 184 Å². The second-order valence-corrected chi connectivity index (χ2v) is 14.4. The molecule has 5 nitrogen and oxygen atoms in total. The monoisotopic (exact) mass is 704 g/mol. The van der Waals surface area contributed by atoms with Crippen LogP contribution in [0.4, 0.5) is 11.4 Å². The lowest BCUT2D eigenvalue weighted by atomic mass is 9.94. The number of rotatable bonds is 4. The number of benzene rings is 8. The summed E-state index contributed by atoms with van der Waals surface area (Å²) in [7, 11) is 0. The molecule has 0 fully saturated rings. The molecule has 1 unspecified atom stereocenters. The molecule has 1 atom stereocenters. The molecule has 0 bridgehead atoms. The molecule has 55 heavy (non-hydrogen) atoms. The molecule has 0 saturated heterocycles. The highest BCUT2D eigenvalue weighted by atomic mass is 16.3. The summed E-state index contributed by atoms with van der Waals surface area (Å²) in [4.78, 5) is 5.20. The number of nitrogens with one attached hydrogen (secondary N) is 1. The topological polar surface area (TPSA) is 47.4 Å². The van der Waals surface area contributed by atoms with E-state index in [1.807, 2.05) is 12.1 Å². The van der Waals surface area contributed by atoms with E-state index in [4.69, 9.17) is 9.41 Å². The third kappa shape index (κ3) is 4.44. The van der Waals surface area contributed by atoms with E-state index in [0.29, 0.717) is 0 Å². The molecule has 0 spiro atoms. The number of anilines is 1. The highest BCUT2D eigenvalue weighted by Gasteiger charge is 2.26. The zero-order valence-electron chi connectivity index (χ0n) is 29.6. The molecule has 4 heterocycles. The van der Waals surface area contributed by atoms with Crippen LogP contribution in [-0.4, -0.2) is 14.8 Å². The van der Waals surface area contributed by atoms with Gasteiger partial charge in [0.25, 0.3) is 0 Å². The Hall–Kier alpha value is -7.37.